The molecule has 1 rings (SSSR count). The maximum absolute atomic E-state index is 11.5. The monoisotopic (exact) mass is 281 g/mol. The second-order valence-electron chi connectivity index (χ2n) is 4.29. The van der Waals surface area contributed by atoms with Crippen molar-refractivity contribution in [2.75, 3.05) is 20.3 Å². The summed E-state index contributed by atoms with van der Waals surface area (Å²) in [5, 5.41) is 11.0. The first kappa shape index (κ1) is 15.8. The molecule has 1 amide bonds. The normalized spacial score (nSPS) is 9.90. The summed E-state index contributed by atoms with van der Waals surface area (Å²) in [6.45, 7) is 2.12. The molecule has 0 aliphatic rings. The van der Waals surface area contributed by atoms with Gasteiger partial charge in [0.2, 0.25) is 0 Å². The number of methoxy groups -OCH3 is 1. The molecule has 1 aromatic carbocycles. The smallest absolute Gasteiger partial charge is 0.303 e. The predicted octanol–water partition coefficient (Wildman–Crippen LogP) is 1.36. The Kier molecular flexibility index (Phi) is 6.36. The topological polar surface area (TPSA) is 84.9 Å². The average Bonchev–Trinajstić information content (AvgIpc) is 2.41. The fourth-order valence-electron chi connectivity index (χ4n) is 1.56. The van der Waals surface area contributed by atoms with Gasteiger partial charge in [0.25, 0.3) is 5.91 Å². The van der Waals surface area contributed by atoms with Crippen LogP contribution in [-0.2, 0) is 9.59 Å². The number of aliphatic carboxylic acids is 1. The summed E-state index contributed by atoms with van der Waals surface area (Å²) < 4.78 is 10.5. The van der Waals surface area contributed by atoms with Crippen LogP contribution in [-0.4, -0.2) is 37.2 Å². The van der Waals surface area contributed by atoms with Gasteiger partial charge in [0.1, 0.15) is 0 Å². The zero-order valence-corrected chi connectivity index (χ0v) is 11.6. The number of carbonyl (C=O) groups is 2. The summed E-state index contributed by atoms with van der Waals surface area (Å²) in [4.78, 5) is 21.8. The molecule has 0 aliphatic carbocycles. The number of rotatable bonds is 8. The minimum Gasteiger partial charge on any atom is -0.493 e. The van der Waals surface area contributed by atoms with Crippen LogP contribution in [0.4, 0.5) is 0 Å². The molecule has 6 nitrogen and oxygen atoms in total. The Morgan fingerprint density at radius 2 is 2.05 bits per heavy atom. The first-order chi connectivity index (χ1) is 9.52. The highest BCUT2D eigenvalue weighted by molar-refractivity contribution is 5.77. The number of aryl methyl sites for hydroxylation is 1. The Bertz CT molecular complexity index is 473. The van der Waals surface area contributed by atoms with Gasteiger partial charge in [-0.15, -0.1) is 0 Å². The third kappa shape index (κ3) is 5.60. The van der Waals surface area contributed by atoms with Crippen LogP contribution in [0.15, 0.2) is 18.2 Å². The van der Waals surface area contributed by atoms with E-state index < -0.39 is 5.97 Å². The van der Waals surface area contributed by atoms with Gasteiger partial charge < -0.3 is 19.9 Å². The molecule has 0 fully saturated rings. The number of carboxylic acids is 1. The molecule has 0 heterocycles. The summed E-state index contributed by atoms with van der Waals surface area (Å²) in [7, 11) is 1.54. The summed E-state index contributed by atoms with van der Waals surface area (Å²) in [5.74, 6) is -0.0969. The summed E-state index contributed by atoms with van der Waals surface area (Å²) in [6.07, 6.45) is 0.432. The lowest BCUT2D eigenvalue weighted by Gasteiger charge is -2.11. The Morgan fingerprint density at radius 1 is 1.30 bits per heavy atom. The van der Waals surface area contributed by atoms with Crippen molar-refractivity contribution >= 4 is 11.9 Å². The highest BCUT2D eigenvalue weighted by atomic mass is 16.5. The van der Waals surface area contributed by atoms with E-state index in [0.29, 0.717) is 24.5 Å². The first-order valence-electron chi connectivity index (χ1n) is 6.29. The third-order valence-electron chi connectivity index (χ3n) is 2.57. The molecule has 0 spiro atoms. The van der Waals surface area contributed by atoms with Gasteiger partial charge in [0, 0.05) is 13.0 Å². The number of hydrogen-bond acceptors (Lipinski definition) is 4. The second-order valence-corrected chi connectivity index (χ2v) is 4.29. The van der Waals surface area contributed by atoms with Gasteiger partial charge in [-0.25, -0.2) is 0 Å². The van der Waals surface area contributed by atoms with E-state index in [2.05, 4.69) is 5.32 Å². The van der Waals surface area contributed by atoms with Gasteiger partial charge in [-0.1, -0.05) is 6.07 Å². The lowest BCUT2D eigenvalue weighted by molar-refractivity contribution is -0.137. The molecular formula is C14H19NO5. The SMILES string of the molecule is COc1cc(C)ccc1OCC(=O)NCCCC(=O)O. The highest BCUT2D eigenvalue weighted by Crippen LogP contribution is 2.27. The molecule has 0 saturated heterocycles. The van der Waals surface area contributed by atoms with Crippen molar-refractivity contribution in [3.05, 3.63) is 23.8 Å². The number of nitrogens with one attached hydrogen (secondary N) is 1. The molecule has 2 N–H and O–H groups in total. The lowest BCUT2D eigenvalue weighted by Crippen LogP contribution is -2.30. The molecule has 6 heteroatoms. The largest absolute Gasteiger partial charge is 0.493 e. The van der Waals surface area contributed by atoms with E-state index >= 15 is 0 Å². The summed E-state index contributed by atoms with van der Waals surface area (Å²) >= 11 is 0. The van der Waals surface area contributed by atoms with Crippen LogP contribution in [0.1, 0.15) is 18.4 Å². The number of benzene rings is 1. The second kappa shape index (κ2) is 8.04. The van der Waals surface area contributed by atoms with Gasteiger partial charge in [0.05, 0.1) is 7.11 Å². The van der Waals surface area contributed by atoms with Crippen LogP contribution in [0.3, 0.4) is 0 Å². The van der Waals surface area contributed by atoms with Crippen LogP contribution in [0, 0.1) is 6.92 Å². The number of amides is 1. The van der Waals surface area contributed by atoms with Gasteiger partial charge in [-0.3, -0.25) is 9.59 Å². The molecule has 0 unspecified atom stereocenters. The van der Waals surface area contributed by atoms with Crippen molar-refractivity contribution in [3.63, 3.8) is 0 Å². The number of carboxylic acid groups (broad SMARTS) is 1. The van der Waals surface area contributed by atoms with Crippen molar-refractivity contribution in [2.24, 2.45) is 0 Å². The quantitative estimate of drug-likeness (QED) is 0.703. The molecule has 0 radical (unpaired) electrons. The average molecular weight is 281 g/mol. The van der Waals surface area contributed by atoms with Crippen LogP contribution in [0.25, 0.3) is 0 Å². The van der Waals surface area contributed by atoms with Crippen molar-refractivity contribution in [1.29, 1.82) is 0 Å². The van der Waals surface area contributed by atoms with E-state index in [-0.39, 0.29) is 18.9 Å². The van der Waals surface area contributed by atoms with Crippen molar-refractivity contribution in [2.45, 2.75) is 19.8 Å². The van der Waals surface area contributed by atoms with Gasteiger partial charge in [0.15, 0.2) is 18.1 Å². The standard InChI is InChI=1S/C14H19NO5/c1-10-5-6-11(12(8-10)19-2)20-9-13(16)15-7-3-4-14(17)18/h5-6,8H,3-4,7,9H2,1-2H3,(H,15,16)(H,17,18). The van der Waals surface area contributed by atoms with E-state index in [1.54, 1.807) is 6.07 Å². The number of ether oxygens (including phenoxy) is 2. The van der Waals surface area contributed by atoms with Crippen LogP contribution in [0.5, 0.6) is 11.5 Å². The molecule has 110 valence electrons. The first-order valence-corrected chi connectivity index (χ1v) is 6.29. The zero-order chi connectivity index (χ0) is 15.0. The molecule has 0 atom stereocenters. The molecule has 0 bridgehead atoms. The van der Waals surface area contributed by atoms with E-state index in [4.69, 9.17) is 14.6 Å². The fraction of sp³-hybridized carbons (Fsp3) is 0.429. The summed E-state index contributed by atoms with van der Waals surface area (Å²) in [6, 6.07) is 5.43. The van der Waals surface area contributed by atoms with Crippen molar-refractivity contribution in [3.8, 4) is 11.5 Å². The zero-order valence-electron chi connectivity index (χ0n) is 11.6. The van der Waals surface area contributed by atoms with Gasteiger partial charge in [-0.2, -0.15) is 0 Å². The molecule has 0 aliphatic heterocycles. The third-order valence-corrected chi connectivity index (χ3v) is 2.57. The lowest BCUT2D eigenvalue weighted by atomic mass is 10.2. The van der Waals surface area contributed by atoms with Crippen molar-refractivity contribution in [1.82, 2.24) is 5.32 Å². The van der Waals surface area contributed by atoms with E-state index in [1.807, 2.05) is 19.1 Å². The fourth-order valence-corrected chi connectivity index (χ4v) is 1.56. The van der Waals surface area contributed by atoms with Gasteiger partial charge >= 0.3 is 5.97 Å². The van der Waals surface area contributed by atoms with Crippen LogP contribution in [0.2, 0.25) is 0 Å². The molecular weight excluding hydrogens is 262 g/mol. The highest BCUT2D eigenvalue weighted by Gasteiger charge is 2.07. The maximum Gasteiger partial charge on any atom is 0.303 e. The minimum absolute atomic E-state index is 0.0346. The Labute approximate surface area is 117 Å². The van der Waals surface area contributed by atoms with Crippen LogP contribution >= 0.6 is 0 Å². The maximum atomic E-state index is 11.5. The molecule has 0 saturated carbocycles. The van der Waals surface area contributed by atoms with E-state index in [1.165, 1.54) is 7.11 Å². The number of carbonyl (C=O) groups excluding carboxylic acids is 1. The predicted molar refractivity (Wildman–Crippen MR) is 73.1 cm³/mol. The molecule has 20 heavy (non-hydrogen) atoms. The minimum atomic E-state index is -0.875. The Balaban J connectivity index is 2.35. The number of hydrogen-bond donors (Lipinski definition) is 2. The van der Waals surface area contributed by atoms with Crippen LogP contribution < -0.4 is 14.8 Å². The Hall–Kier alpha value is -2.24. The van der Waals surface area contributed by atoms with Crippen molar-refractivity contribution < 1.29 is 24.2 Å². The van der Waals surface area contributed by atoms with E-state index in [9.17, 15) is 9.59 Å². The van der Waals surface area contributed by atoms with E-state index in [0.717, 1.165) is 5.56 Å². The summed E-state index contributed by atoms with van der Waals surface area (Å²) in [5.41, 5.74) is 1.03. The Morgan fingerprint density at radius 3 is 2.70 bits per heavy atom. The van der Waals surface area contributed by atoms with Gasteiger partial charge in [-0.05, 0) is 31.0 Å². The molecule has 1 aromatic rings. The molecule has 0 aromatic heterocycles.